The molecule has 22 heavy (non-hydrogen) atoms. The zero-order valence-corrected chi connectivity index (χ0v) is 12.4. The maximum Gasteiger partial charge on any atom is 0.355 e. The van der Waals surface area contributed by atoms with E-state index in [1.807, 2.05) is 0 Å². The quantitative estimate of drug-likeness (QED) is 0.464. The molecule has 0 bridgehead atoms. The van der Waals surface area contributed by atoms with Gasteiger partial charge in [0.05, 0.1) is 0 Å². The van der Waals surface area contributed by atoms with Crippen LogP contribution in [0.2, 0.25) is 0 Å². The number of nitrogens with two attached hydrogens (primary N) is 1. The number of ether oxygens (including phenoxy) is 2. The fraction of sp³-hybridized carbons (Fsp3) is 0.500. The highest BCUT2D eigenvalue weighted by molar-refractivity contribution is 8.00. The third-order valence-corrected chi connectivity index (χ3v) is 4.42. The first-order chi connectivity index (χ1) is 10.3. The Morgan fingerprint density at radius 1 is 1.41 bits per heavy atom. The Balaban J connectivity index is 2.24. The molecule has 0 aliphatic carbocycles. The molecule has 0 radical (unpaired) electrons. The maximum absolute atomic E-state index is 12.1. The van der Waals surface area contributed by atoms with Crippen molar-refractivity contribution in [3.63, 3.8) is 0 Å². The predicted molar refractivity (Wildman–Crippen MR) is 73.3 cm³/mol. The summed E-state index contributed by atoms with van der Waals surface area (Å²) in [5.41, 5.74) is 5.96. The van der Waals surface area contributed by atoms with Crippen molar-refractivity contribution in [3.05, 3.63) is 11.3 Å². The molecule has 120 valence electrons. The largest absolute Gasteiger partial charge is 0.479 e. The molecule has 2 aliphatic heterocycles. The number of hydrogen-bond acceptors (Lipinski definition) is 8. The predicted octanol–water partition coefficient (Wildman–Crippen LogP) is -1.33. The Morgan fingerprint density at radius 3 is 2.68 bits per heavy atom. The average molecular weight is 330 g/mol. The van der Waals surface area contributed by atoms with Crippen molar-refractivity contribution in [2.45, 2.75) is 18.3 Å². The fourth-order valence-electron chi connectivity index (χ4n) is 2.06. The van der Waals surface area contributed by atoms with Gasteiger partial charge in [-0.05, 0) is 0 Å². The van der Waals surface area contributed by atoms with E-state index in [1.54, 1.807) is 0 Å². The molecule has 0 aromatic heterocycles. The summed E-state index contributed by atoms with van der Waals surface area (Å²) in [5.74, 6) is -2.93. The highest BCUT2D eigenvalue weighted by Gasteiger charge is 2.52. The molecular formula is C12H14N2O7S. The van der Waals surface area contributed by atoms with Gasteiger partial charge in [-0.2, -0.15) is 0 Å². The monoisotopic (exact) mass is 330 g/mol. The van der Waals surface area contributed by atoms with Crippen molar-refractivity contribution >= 4 is 35.6 Å². The lowest BCUT2D eigenvalue weighted by Gasteiger charge is -2.48. The summed E-state index contributed by atoms with van der Waals surface area (Å²) in [6.45, 7) is 0.215. The number of carbonyl (C=O) groups excluding carboxylic acids is 3. The lowest BCUT2D eigenvalue weighted by Crippen LogP contribution is -2.68. The van der Waals surface area contributed by atoms with E-state index in [2.05, 4.69) is 4.74 Å². The molecule has 1 fully saturated rings. The van der Waals surface area contributed by atoms with Gasteiger partial charge in [0.2, 0.25) is 5.91 Å². The second-order valence-electron chi connectivity index (χ2n) is 4.64. The zero-order chi connectivity index (χ0) is 16.4. The number of amides is 1. The van der Waals surface area contributed by atoms with Crippen molar-refractivity contribution in [3.8, 4) is 0 Å². The second-order valence-corrected chi connectivity index (χ2v) is 5.74. The van der Waals surface area contributed by atoms with Gasteiger partial charge in [0.25, 0.3) is 0 Å². The van der Waals surface area contributed by atoms with Crippen molar-refractivity contribution < 1.29 is 33.8 Å². The summed E-state index contributed by atoms with van der Waals surface area (Å²) in [6, 6.07) is -0.720. The van der Waals surface area contributed by atoms with Gasteiger partial charge in [0, 0.05) is 18.2 Å². The number of aliphatic carboxylic acids is 1. The van der Waals surface area contributed by atoms with Gasteiger partial charge >= 0.3 is 17.9 Å². The molecule has 0 spiro atoms. The van der Waals surface area contributed by atoms with Crippen LogP contribution in [0.3, 0.4) is 0 Å². The average Bonchev–Trinajstić information content (AvgIpc) is 2.48. The standard InChI is InChI=1S/C12H14N2O7S/c1-5(15)20-2-6-4-22-11-8(13)10(18)14(11)9(6)12(19)21-3-7(16)17/h8,11H,2-4,13H2,1H3,(H,16,17)/t8-,11-/m1/s1. The minimum absolute atomic E-state index is 0.0852. The van der Waals surface area contributed by atoms with E-state index in [0.717, 1.165) is 0 Å². The van der Waals surface area contributed by atoms with Crippen LogP contribution < -0.4 is 5.73 Å². The Kier molecular flexibility index (Phi) is 4.71. The van der Waals surface area contributed by atoms with E-state index in [4.69, 9.17) is 15.6 Å². The maximum atomic E-state index is 12.1. The summed E-state index contributed by atoms with van der Waals surface area (Å²) < 4.78 is 9.49. The van der Waals surface area contributed by atoms with Crippen LogP contribution in [0.1, 0.15) is 6.92 Å². The molecule has 2 atom stereocenters. The lowest BCUT2D eigenvalue weighted by atomic mass is 10.0. The molecule has 9 nitrogen and oxygen atoms in total. The van der Waals surface area contributed by atoms with E-state index < -0.39 is 41.8 Å². The van der Waals surface area contributed by atoms with Crippen LogP contribution >= 0.6 is 11.8 Å². The van der Waals surface area contributed by atoms with E-state index in [0.29, 0.717) is 11.3 Å². The van der Waals surface area contributed by atoms with Crippen LogP contribution in [0.15, 0.2) is 11.3 Å². The van der Waals surface area contributed by atoms with E-state index >= 15 is 0 Å². The second kappa shape index (κ2) is 6.36. The number of fused-ring (bicyclic) bond motifs is 1. The van der Waals surface area contributed by atoms with Crippen LogP contribution in [0.25, 0.3) is 0 Å². The molecule has 0 aromatic carbocycles. The van der Waals surface area contributed by atoms with Gasteiger partial charge in [0.15, 0.2) is 6.61 Å². The van der Waals surface area contributed by atoms with Crippen molar-refractivity contribution in [1.82, 2.24) is 4.90 Å². The smallest absolute Gasteiger partial charge is 0.355 e. The van der Waals surface area contributed by atoms with Crippen LogP contribution in [-0.2, 0) is 28.7 Å². The number of hydrogen-bond donors (Lipinski definition) is 2. The van der Waals surface area contributed by atoms with Gasteiger partial charge in [-0.15, -0.1) is 11.8 Å². The summed E-state index contributed by atoms with van der Waals surface area (Å²) in [5, 5.41) is 8.16. The SMILES string of the molecule is CC(=O)OCC1=C(C(=O)OCC(=O)O)N2C(=O)[C@@H](N)[C@H]2SC1. The highest BCUT2D eigenvalue weighted by atomic mass is 32.2. The fourth-order valence-corrected chi connectivity index (χ4v) is 3.34. The Hall–Kier alpha value is -2.07. The van der Waals surface area contributed by atoms with E-state index in [-0.39, 0.29) is 12.3 Å². The molecule has 2 heterocycles. The molecule has 1 saturated heterocycles. The molecule has 2 aliphatic rings. The summed E-state index contributed by atoms with van der Waals surface area (Å²) in [6.07, 6.45) is 0. The number of esters is 2. The molecule has 0 aromatic rings. The van der Waals surface area contributed by atoms with Crippen molar-refractivity contribution in [2.75, 3.05) is 19.0 Å². The Morgan fingerprint density at radius 2 is 2.09 bits per heavy atom. The van der Waals surface area contributed by atoms with Crippen LogP contribution in [-0.4, -0.2) is 64.2 Å². The summed E-state index contributed by atoms with van der Waals surface area (Å²) in [7, 11) is 0. The number of thioether (sulfide) groups is 1. The number of carbonyl (C=O) groups is 4. The molecule has 2 rings (SSSR count). The van der Waals surface area contributed by atoms with Crippen molar-refractivity contribution in [2.24, 2.45) is 5.73 Å². The van der Waals surface area contributed by atoms with Crippen LogP contribution in [0.4, 0.5) is 0 Å². The first-order valence-corrected chi connectivity index (χ1v) is 7.32. The summed E-state index contributed by atoms with van der Waals surface area (Å²) >= 11 is 1.34. The minimum atomic E-state index is -1.32. The number of rotatable bonds is 5. The van der Waals surface area contributed by atoms with Gasteiger partial charge in [0.1, 0.15) is 23.7 Å². The van der Waals surface area contributed by atoms with E-state index in [1.165, 1.54) is 23.6 Å². The minimum Gasteiger partial charge on any atom is -0.479 e. The molecule has 0 unspecified atom stereocenters. The van der Waals surface area contributed by atoms with Gasteiger partial charge in [-0.3, -0.25) is 14.5 Å². The van der Waals surface area contributed by atoms with E-state index in [9.17, 15) is 19.2 Å². The normalized spacial score (nSPS) is 23.5. The third kappa shape index (κ3) is 3.07. The summed E-state index contributed by atoms with van der Waals surface area (Å²) in [4.78, 5) is 46.5. The first kappa shape index (κ1) is 16.3. The van der Waals surface area contributed by atoms with Gasteiger partial charge < -0.3 is 20.3 Å². The van der Waals surface area contributed by atoms with Crippen LogP contribution in [0.5, 0.6) is 0 Å². The van der Waals surface area contributed by atoms with Gasteiger partial charge in [-0.1, -0.05) is 0 Å². The lowest BCUT2D eigenvalue weighted by molar-refractivity contribution is -0.156. The molecule has 0 saturated carbocycles. The number of nitrogens with zero attached hydrogens (tertiary/aromatic N) is 1. The molecule has 10 heteroatoms. The first-order valence-electron chi connectivity index (χ1n) is 6.27. The Labute approximate surface area is 129 Å². The molecule has 3 N–H and O–H groups in total. The highest BCUT2D eigenvalue weighted by Crippen LogP contribution is 2.39. The van der Waals surface area contributed by atoms with Gasteiger partial charge in [-0.25, -0.2) is 9.59 Å². The zero-order valence-electron chi connectivity index (χ0n) is 11.6. The topological polar surface area (TPSA) is 136 Å². The Bertz CT molecular complexity index is 574. The van der Waals surface area contributed by atoms with Crippen molar-refractivity contribution in [1.29, 1.82) is 0 Å². The number of carboxylic acids is 1. The van der Waals surface area contributed by atoms with Crippen LogP contribution in [0, 0.1) is 0 Å². The molecule has 1 amide bonds. The molecular weight excluding hydrogens is 316 g/mol. The third-order valence-electron chi connectivity index (χ3n) is 3.06. The number of carboxylic acid groups (broad SMARTS) is 1. The number of β-lactam (4-membered cyclic amide) rings is 1.